The van der Waals surface area contributed by atoms with E-state index < -0.39 is 0 Å². The van der Waals surface area contributed by atoms with E-state index in [9.17, 15) is 9.18 Å². The van der Waals surface area contributed by atoms with Gasteiger partial charge in [-0.25, -0.2) is 4.39 Å². The average molecular weight is 400 g/mol. The SMILES string of the molecule is CN1C[C@H]2C3(CCN(Cc4ccc(F)cc4)CC3)CC[C@@]2(C(=O)N2CCCC2)C1. The van der Waals surface area contributed by atoms with Crippen LogP contribution in [0.2, 0.25) is 0 Å². The van der Waals surface area contributed by atoms with Crippen molar-refractivity contribution in [3.8, 4) is 0 Å². The lowest BCUT2D eigenvalue weighted by Crippen LogP contribution is -2.49. The lowest BCUT2D eigenvalue weighted by atomic mass is 9.65. The van der Waals surface area contributed by atoms with Gasteiger partial charge in [-0.05, 0) is 87.7 Å². The molecule has 4 aliphatic rings. The molecule has 0 aromatic heterocycles. The van der Waals surface area contributed by atoms with Crippen molar-refractivity contribution in [2.24, 2.45) is 16.7 Å². The van der Waals surface area contributed by atoms with Gasteiger partial charge in [-0.3, -0.25) is 9.69 Å². The molecule has 29 heavy (non-hydrogen) atoms. The van der Waals surface area contributed by atoms with Crippen molar-refractivity contribution in [2.45, 2.75) is 45.1 Å². The fraction of sp³-hybridized carbons (Fsp3) is 0.708. The molecule has 158 valence electrons. The van der Waals surface area contributed by atoms with E-state index in [0.717, 1.165) is 52.2 Å². The molecule has 1 amide bonds. The van der Waals surface area contributed by atoms with E-state index in [1.807, 2.05) is 12.1 Å². The zero-order valence-corrected chi connectivity index (χ0v) is 17.7. The van der Waals surface area contributed by atoms with Crippen LogP contribution in [0.5, 0.6) is 0 Å². The molecule has 3 aliphatic heterocycles. The van der Waals surface area contributed by atoms with Crippen LogP contribution in [0, 0.1) is 22.6 Å². The van der Waals surface area contributed by atoms with Crippen molar-refractivity contribution in [2.75, 3.05) is 46.3 Å². The first-order valence-corrected chi connectivity index (χ1v) is 11.5. The zero-order valence-electron chi connectivity index (χ0n) is 17.7. The van der Waals surface area contributed by atoms with Gasteiger partial charge < -0.3 is 9.80 Å². The summed E-state index contributed by atoms with van der Waals surface area (Å²) in [5.74, 6) is 0.817. The third-order valence-electron chi connectivity index (χ3n) is 8.51. The lowest BCUT2D eigenvalue weighted by Gasteiger charge is -2.45. The van der Waals surface area contributed by atoms with Gasteiger partial charge in [-0.2, -0.15) is 0 Å². The van der Waals surface area contributed by atoms with E-state index in [4.69, 9.17) is 0 Å². The highest BCUT2D eigenvalue weighted by Gasteiger charge is 2.64. The van der Waals surface area contributed by atoms with E-state index in [1.165, 1.54) is 37.7 Å². The number of amides is 1. The van der Waals surface area contributed by atoms with Crippen molar-refractivity contribution < 1.29 is 9.18 Å². The molecule has 1 saturated carbocycles. The number of hydrogen-bond donors (Lipinski definition) is 0. The maximum Gasteiger partial charge on any atom is 0.230 e. The number of likely N-dealkylation sites (tertiary alicyclic amines) is 3. The smallest absolute Gasteiger partial charge is 0.230 e. The van der Waals surface area contributed by atoms with E-state index in [1.54, 1.807) is 12.1 Å². The first-order valence-electron chi connectivity index (χ1n) is 11.5. The molecule has 0 radical (unpaired) electrons. The molecule has 4 fully saturated rings. The molecular weight excluding hydrogens is 365 g/mol. The van der Waals surface area contributed by atoms with Crippen LogP contribution in [0.4, 0.5) is 4.39 Å². The fourth-order valence-corrected chi connectivity index (χ4v) is 6.98. The van der Waals surface area contributed by atoms with Crippen LogP contribution in [0.15, 0.2) is 24.3 Å². The Morgan fingerprint density at radius 1 is 1.03 bits per heavy atom. The number of carbonyl (C=O) groups excluding carboxylic acids is 1. The van der Waals surface area contributed by atoms with E-state index in [-0.39, 0.29) is 11.2 Å². The highest BCUT2D eigenvalue weighted by atomic mass is 19.1. The molecule has 3 saturated heterocycles. The third-order valence-corrected chi connectivity index (χ3v) is 8.51. The van der Waals surface area contributed by atoms with Crippen LogP contribution in [-0.2, 0) is 11.3 Å². The zero-order chi connectivity index (χ0) is 20.1. The number of nitrogens with zero attached hydrogens (tertiary/aromatic N) is 3. The standard InChI is InChI=1S/C24H34FN3O/c1-26-17-21-23(8-9-24(21,18-26)22(29)28-12-2-3-13-28)10-14-27(15-11-23)16-19-4-6-20(25)7-5-19/h4-7,21H,2-3,8-18H2,1H3/t21-,24+/m0/s1. The second kappa shape index (κ2) is 7.35. The number of benzene rings is 1. The lowest BCUT2D eigenvalue weighted by molar-refractivity contribution is -0.142. The Morgan fingerprint density at radius 2 is 1.72 bits per heavy atom. The molecule has 0 N–H and O–H groups in total. The first-order chi connectivity index (χ1) is 14.0. The minimum atomic E-state index is -0.165. The first kappa shape index (κ1) is 19.5. The Morgan fingerprint density at radius 3 is 2.41 bits per heavy atom. The number of rotatable bonds is 3. The second-order valence-electron chi connectivity index (χ2n) is 10.2. The van der Waals surface area contributed by atoms with Gasteiger partial charge in [0.25, 0.3) is 0 Å². The summed E-state index contributed by atoms with van der Waals surface area (Å²) in [6.07, 6.45) is 7.03. The maximum atomic E-state index is 13.6. The van der Waals surface area contributed by atoms with Crippen LogP contribution >= 0.6 is 0 Å². The molecule has 5 rings (SSSR count). The maximum absolute atomic E-state index is 13.6. The summed E-state index contributed by atoms with van der Waals surface area (Å²) in [6.45, 7) is 7.05. The number of fused-ring (bicyclic) bond motifs is 2. The van der Waals surface area contributed by atoms with Gasteiger partial charge in [-0.1, -0.05) is 12.1 Å². The minimum Gasteiger partial charge on any atom is -0.342 e. The second-order valence-corrected chi connectivity index (χ2v) is 10.2. The van der Waals surface area contributed by atoms with Crippen LogP contribution in [0.1, 0.15) is 44.1 Å². The topological polar surface area (TPSA) is 26.8 Å². The van der Waals surface area contributed by atoms with Gasteiger partial charge in [0, 0.05) is 32.7 Å². The number of halogens is 1. The quantitative estimate of drug-likeness (QED) is 0.780. The molecule has 4 nitrogen and oxygen atoms in total. The third kappa shape index (κ3) is 3.31. The molecule has 5 heteroatoms. The normalized spacial score (nSPS) is 32.2. The van der Waals surface area contributed by atoms with Crippen LogP contribution in [0.25, 0.3) is 0 Å². The summed E-state index contributed by atoms with van der Waals surface area (Å²) in [5.41, 5.74) is 1.39. The fourth-order valence-electron chi connectivity index (χ4n) is 6.98. The summed E-state index contributed by atoms with van der Waals surface area (Å²) >= 11 is 0. The number of hydrogen-bond acceptors (Lipinski definition) is 3. The van der Waals surface area contributed by atoms with Crippen molar-refractivity contribution in [1.29, 1.82) is 0 Å². The number of piperidine rings is 1. The van der Waals surface area contributed by atoms with E-state index >= 15 is 0 Å². The number of carbonyl (C=O) groups is 1. The van der Waals surface area contributed by atoms with E-state index in [0.29, 0.717) is 17.2 Å². The summed E-state index contributed by atoms with van der Waals surface area (Å²) in [5, 5.41) is 0. The molecule has 1 aliphatic carbocycles. The van der Waals surface area contributed by atoms with Gasteiger partial charge in [-0.15, -0.1) is 0 Å². The van der Waals surface area contributed by atoms with Crippen molar-refractivity contribution >= 4 is 5.91 Å². The highest BCUT2D eigenvalue weighted by Crippen LogP contribution is 2.62. The predicted octanol–water partition coefficient (Wildman–Crippen LogP) is 3.37. The molecule has 1 spiro atoms. The van der Waals surface area contributed by atoms with Gasteiger partial charge >= 0.3 is 0 Å². The molecule has 3 heterocycles. The predicted molar refractivity (Wildman–Crippen MR) is 112 cm³/mol. The van der Waals surface area contributed by atoms with Crippen LogP contribution < -0.4 is 0 Å². The van der Waals surface area contributed by atoms with Gasteiger partial charge in [0.1, 0.15) is 5.82 Å². The molecule has 0 bridgehead atoms. The summed E-state index contributed by atoms with van der Waals surface area (Å²) < 4.78 is 13.2. The Hall–Kier alpha value is -1.46. The molecule has 1 aromatic carbocycles. The van der Waals surface area contributed by atoms with Crippen LogP contribution in [0.3, 0.4) is 0 Å². The molecule has 0 unspecified atom stereocenters. The molecule has 2 atom stereocenters. The summed E-state index contributed by atoms with van der Waals surface area (Å²) in [4.78, 5) is 20.7. The van der Waals surface area contributed by atoms with Crippen LogP contribution in [-0.4, -0.2) is 66.9 Å². The monoisotopic (exact) mass is 399 g/mol. The van der Waals surface area contributed by atoms with Crippen molar-refractivity contribution in [3.05, 3.63) is 35.6 Å². The Kier molecular flexibility index (Phi) is 4.94. The summed E-state index contributed by atoms with van der Waals surface area (Å²) in [7, 11) is 2.20. The van der Waals surface area contributed by atoms with Crippen molar-refractivity contribution in [3.63, 3.8) is 0 Å². The minimum absolute atomic E-state index is 0.127. The Balaban J connectivity index is 1.29. The van der Waals surface area contributed by atoms with Gasteiger partial charge in [0.15, 0.2) is 0 Å². The van der Waals surface area contributed by atoms with E-state index in [2.05, 4.69) is 21.7 Å². The Bertz CT molecular complexity index is 752. The summed E-state index contributed by atoms with van der Waals surface area (Å²) in [6, 6.07) is 6.93. The molecule has 1 aromatic rings. The largest absolute Gasteiger partial charge is 0.342 e. The van der Waals surface area contributed by atoms with Gasteiger partial charge in [0.05, 0.1) is 5.41 Å². The highest BCUT2D eigenvalue weighted by molar-refractivity contribution is 5.84. The van der Waals surface area contributed by atoms with Crippen molar-refractivity contribution in [1.82, 2.24) is 14.7 Å². The van der Waals surface area contributed by atoms with Gasteiger partial charge in [0.2, 0.25) is 5.91 Å². The average Bonchev–Trinajstić information content (AvgIpc) is 3.43. The Labute approximate surface area is 174 Å². The molecular formula is C24H34FN3O.